The second-order valence-electron chi connectivity index (χ2n) is 7.09. The van der Waals surface area contributed by atoms with Crippen LogP contribution in [0.2, 0.25) is 5.02 Å². The van der Waals surface area contributed by atoms with E-state index >= 15 is 0 Å². The summed E-state index contributed by atoms with van der Waals surface area (Å²) in [6.07, 6.45) is 3.84. The highest BCUT2D eigenvalue weighted by Crippen LogP contribution is 2.38. The number of halogens is 1. The maximum atomic E-state index is 13.0. The first-order chi connectivity index (χ1) is 14.9. The molecule has 1 aliphatic rings. The second-order valence-corrected chi connectivity index (χ2v) is 10.3. The van der Waals surface area contributed by atoms with Crippen molar-refractivity contribution in [1.29, 1.82) is 5.26 Å². The van der Waals surface area contributed by atoms with Crippen LogP contribution in [0.25, 0.3) is 0 Å². The van der Waals surface area contributed by atoms with Gasteiger partial charge in [0.05, 0.1) is 21.7 Å². The van der Waals surface area contributed by atoms with E-state index < -0.39 is 15.9 Å². The first-order valence-corrected chi connectivity index (χ1v) is 12.3. The molecular formula is C22H18ClN3O3S2. The molecule has 6 nitrogen and oxygen atoms in total. The monoisotopic (exact) mass is 471 g/mol. The number of rotatable bonds is 5. The standard InChI is InChI=1S/C22H18ClN3O3S2/c23-14-9-11-15(12-10-14)31(28,29)26-19-7-3-1-6-17(19)21(27)25-22-18(13-24)16-5-2-4-8-20(16)30-22/h1,3,6-7,9-12,26H,2,4-5,8H2,(H,25,27). The van der Waals surface area contributed by atoms with Crippen molar-refractivity contribution in [2.45, 2.75) is 30.6 Å². The minimum Gasteiger partial charge on any atom is -0.312 e. The van der Waals surface area contributed by atoms with Gasteiger partial charge in [0.25, 0.3) is 15.9 Å². The molecule has 3 aromatic rings. The average Bonchev–Trinajstić information content (AvgIpc) is 3.11. The van der Waals surface area contributed by atoms with Crippen LogP contribution in [0, 0.1) is 11.3 Å². The fourth-order valence-electron chi connectivity index (χ4n) is 3.53. The van der Waals surface area contributed by atoms with Gasteiger partial charge in [-0.3, -0.25) is 9.52 Å². The molecule has 0 saturated carbocycles. The van der Waals surface area contributed by atoms with Gasteiger partial charge >= 0.3 is 0 Å². The maximum Gasteiger partial charge on any atom is 0.261 e. The van der Waals surface area contributed by atoms with Crippen LogP contribution in [0.3, 0.4) is 0 Å². The number of amides is 1. The average molecular weight is 472 g/mol. The molecule has 158 valence electrons. The summed E-state index contributed by atoms with van der Waals surface area (Å²) in [5, 5.41) is 13.3. The molecule has 0 unspecified atom stereocenters. The number of hydrogen-bond donors (Lipinski definition) is 2. The third-order valence-corrected chi connectivity index (χ3v) is 7.89. The predicted molar refractivity (Wildman–Crippen MR) is 122 cm³/mol. The number of nitrogens with one attached hydrogen (secondary N) is 2. The van der Waals surface area contributed by atoms with E-state index in [0.29, 0.717) is 15.6 Å². The number of fused-ring (bicyclic) bond motifs is 1. The number of thiophene rings is 1. The summed E-state index contributed by atoms with van der Waals surface area (Å²) in [5.41, 5.74) is 1.84. The Morgan fingerprint density at radius 3 is 2.52 bits per heavy atom. The number of sulfonamides is 1. The molecule has 0 saturated heterocycles. The van der Waals surface area contributed by atoms with Gasteiger partial charge in [-0.1, -0.05) is 23.7 Å². The van der Waals surface area contributed by atoms with Crippen molar-refractivity contribution < 1.29 is 13.2 Å². The Hall–Kier alpha value is -2.86. The highest BCUT2D eigenvalue weighted by atomic mass is 35.5. The van der Waals surface area contributed by atoms with Gasteiger partial charge in [-0.05, 0) is 67.6 Å². The molecule has 0 bridgehead atoms. The zero-order valence-corrected chi connectivity index (χ0v) is 18.7. The molecule has 1 aromatic heterocycles. The fraction of sp³-hybridized carbons (Fsp3) is 0.182. The highest BCUT2D eigenvalue weighted by Gasteiger charge is 2.24. The summed E-state index contributed by atoms with van der Waals surface area (Å²) < 4.78 is 28.0. The van der Waals surface area contributed by atoms with Gasteiger partial charge < -0.3 is 5.32 Å². The smallest absolute Gasteiger partial charge is 0.261 e. The summed E-state index contributed by atoms with van der Waals surface area (Å²) in [7, 11) is -3.91. The van der Waals surface area contributed by atoms with Crippen molar-refractivity contribution in [1.82, 2.24) is 0 Å². The number of carbonyl (C=O) groups excluding carboxylic acids is 1. The quantitative estimate of drug-likeness (QED) is 0.533. The third kappa shape index (κ3) is 4.44. The van der Waals surface area contributed by atoms with Crippen LogP contribution in [-0.4, -0.2) is 14.3 Å². The number of nitrogens with zero attached hydrogens (tertiary/aromatic N) is 1. The SMILES string of the molecule is N#Cc1c(NC(=O)c2ccccc2NS(=O)(=O)c2ccc(Cl)cc2)sc2c1CCCC2. The number of carbonyl (C=O) groups is 1. The molecule has 1 aliphatic carbocycles. The van der Waals surface area contributed by atoms with Gasteiger partial charge in [0.15, 0.2) is 0 Å². The molecular weight excluding hydrogens is 454 g/mol. The Kier molecular flexibility index (Phi) is 6.01. The molecule has 31 heavy (non-hydrogen) atoms. The number of aryl methyl sites for hydroxylation is 1. The van der Waals surface area contributed by atoms with Crippen LogP contribution in [0.5, 0.6) is 0 Å². The predicted octanol–water partition coefficient (Wildman–Crippen LogP) is 5.21. The van der Waals surface area contributed by atoms with Crippen LogP contribution in [0.1, 0.15) is 39.2 Å². The zero-order valence-electron chi connectivity index (χ0n) is 16.3. The van der Waals surface area contributed by atoms with E-state index in [-0.39, 0.29) is 16.1 Å². The lowest BCUT2D eigenvalue weighted by Gasteiger charge is -2.12. The Bertz CT molecular complexity index is 1290. The molecule has 2 N–H and O–H groups in total. The van der Waals surface area contributed by atoms with Gasteiger partial charge in [0.2, 0.25) is 0 Å². The Balaban J connectivity index is 1.62. The van der Waals surface area contributed by atoms with Crippen LogP contribution in [-0.2, 0) is 22.9 Å². The van der Waals surface area contributed by atoms with Crippen molar-refractivity contribution in [2.24, 2.45) is 0 Å². The molecule has 0 radical (unpaired) electrons. The number of anilines is 2. The molecule has 1 heterocycles. The van der Waals surface area contributed by atoms with E-state index in [9.17, 15) is 18.5 Å². The fourth-order valence-corrected chi connectivity index (χ4v) is 5.97. The van der Waals surface area contributed by atoms with Crippen molar-refractivity contribution in [3.8, 4) is 6.07 Å². The third-order valence-electron chi connectivity index (χ3n) is 5.05. The van der Waals surface area contributed by atoms with Crippen molar-refractivity contribution >= 4 is 49.6 Å². The number of nitriles is 1. The number of benzene rings is 2. The van der Waals surface area contributed by atoms with E-state index in [2.05, 4.69) is 16.1 Å². The number of para-hydroxylation sites is 1. The Morgan fingerprint density at radius 2 is 1.77 bits per heavy atom. The lowest BCUT2D eigenvalue weighted by atomic mass is 9.96. The van der Waals surface area contributed by atoms with E-state index in [4.69, 9.17) is 11.6 Å². The van der Waals surface area contributed by atoms with Gasteiger partial charge in [0, 0.05) is 9.90 Å². The van der Waals surface area contributed by atoms with E-state index in [0.717, 1.165) is 36.1 Å². The van der Waals surface area contributed by atoms with Crippen LogP contribution in [0.4, 0.5) is 10.7 Å². The van der Waals surface area contributed by atoms with E-state index in [1.54, 1.807) is 12.1 Å². The normalized spacial score (nSPS) is 13.2. The number of hydrogen-bond acceptors (Lipinski definition) is 5. The molecule has 1 amide bonds. The lowest BCUT2D eigenvalue weighted by Crippen LogP contribution is -2.18. The molecule has 0 atom stereocenters. The first-order valence-electron chi connectivity index (χ1n) is 9.62. The van der Waals surface area contributed by atoms with Crippen molar-refractivity contribution in [3.05, 3.63) is 75.1 Å². The van der Waals surface area contributed by atoms with Gasteiger partial charge in [-0.2, -0.15) is 5.26 Å². The minimum atomic E-state index is -3.91. The highest BCUT2D eigenvalue weighted by molar-refractivity contribution is 7.92. The largest absolute Gasteiger partial charge is 0.312 e. The van der Waals surface area contributed by atoms with Crippen molar-refractivity contribution in [2.75, 3.05) is 10.0 Å². The zero-order chi connectivity index (χ0) is 22.0. The molecule has 0 fully saturated rings. The lowest BCUT2D eigenvalue weighted by molar-refractivity contribution is 0.102. The maximum absolute atomic E-state index is 13.0. The van der Waals surface area contributed by atoms with Crippen LogP contribution >= 0.6 is 22.9 Å². The summed E-state index contributed by atoms with van der Waals surface area (Å²) in [6.45, 7) is 0. The minimum absolute atomic E-state index is 0.0322. The molecule has 9 heteroatoms. The van der Waals surface area contributed by atoms with Crippen LogP contribution in [0.15, 0.2) is 53.4 Å². The van der Waals surface area contributed by atoms with Gasteiger partial charge in [-0.25, -0.2) is 8.42 Å². The van der Waals surface area contributed by atoms with Gasteiger partial charge in [-0.15, -0.1) is 11.3 Å². The van der Waals surface area contributed by atoms with Crippen molar-refractivity contribution in [3.63, 3.8) is 0 Å². The molecule has 0 aliphatic heterocycles. The molecule has 0 spiro atoms. The summed E-state index contributed by atoms with van der Waals surface area (Å²) in [5.74, 6) is -0.482. The van der Waals surface area contributed by atoms with Crippen LogP contribution < -0.4 is 10.0 Å². The Morgan fingerprint density at radius 1 is 1.06 bits per heavy atom. The van der Waals surface area contributed by atoms with E-state index in [1.165, 1.54) is 47.7 Å². The first kappa shape index (κ1) is 21.4. The second kappa shape index (κ2) is 8.71. The summed E-state index contributed by atoms with van der Waals surface area (Å²) in [4.78, 5) is 14.2. The molecule has 2 aromatic carbocycles. The van der Waals surface area contributed by atoms with Gasteiger partial charge in [0.1, 0.15) is 11.1 Å². The summed E-state index contributed by atoms with van der Waals surface area (Å²) in [6, 6.07) is 14.3. The van der Waals surface area contributed by atoms with E-state index in [1.807, 2.05) is 0 Å². The topological polar surface area (TPSA) is 99.1 Å². The molecule has 4 rings (SSSR count). The Labute approximate surface area is 189 Å². The summed E-state index contributed by atoms with van der Waals surface area (Å²) >= 11 is 7.26.